The van der Waals surface area contributed by atoms with Crippen molar-refractivity contribution in [2.24, 2.45) is 5.73 Å². The Morgan fingerprint density at radius 3 is 2.68 bits per heavy atom. The zero-order chi connectivity index (χ0) is 13.7. The lowest BCUT2D eigenvalue weighted by Crippen LogP contribution is -2.41. The van der Waals surface area contributed by atoms with Gasteiger partial charge in [0.05, 0.1) is 12.6 Å². The van der Waals surface area contributed by atoms with Crippen LogP contribution in [0.2, 0.25) is 0 Å². The van der Waals surface area contributed by atoms with Gasteiger partial charge in [0.1, 0.15) is 5.75 Å². The van der Waals surface area contributed by atoms with E-state index in [1.165, 1.54) is 0 Å². The smallest absolute Gasteiger partial charge is 0.237 e. The Morgan fingerprint density at radius 2 is 2.05 bits per heavy atom. The molecule has 0 aliphatic carbocycles. The van der Waals surface area contributed by atoms with Crippen LogP contribution < -0.4 is 11.1 Å². The molecule has 19 heavy (non-hydrogen) atoms. The molecule has 4 N–H and O–H groups in total. The first-order valence-corrected chi connectivity index (χ1v) is 6.86. The van der Waals surface area contributed by atoms with E-state index in [0.717, 1.165) is 10.4 Å². The monoisotopic (exact) mass is 276 g/mol. The Balaban J connectivity index is 1.83. The van der Waals surface area contributed by atoms with Gasteiger partial charge in [0, 0.05) is 4.88 Å². The third-order valence-corrected chi connectivity index (χ3v) is 3.62. The van der Waals surface area contributed by atoms with Crippen molar-refractivity contribution in [1.29, 1.82) is 0 Å². The summed E-state index contributed by atoms with van der Waals surface area (Å²) in [6.45, 7) is 0.514. The van der Waals surface area contributed by atoms with Crippen LogP contribution in [0.1, 0.15) is 10.4 Å². The van der Waals surface area contributed by atoms with Crippen molar-refractivity contribution in [3.8, 4) is 5.75 Å². The van der Waals surface area contributed by atoms with Crippen LogP contribution in [-0.2, 0) is 17.8 Å². The van der Waals surface area contributed by atoms with Crippen molar-refractivity contribution in [3.63, 3.8) is 0 Å². The largest absolute Gasteiger partial charge is 0.508 e. The van der Waals surface area contributed by atoms with Gasteiger partial charge in [0.25, 0.3) is 0 Å². The number of phenolic OH excluding ortho intramolecular Hbond substituents is 1. The number of thiophene rings is 1. The third-order valence-electron chi connectivity index (χ3n) is 2.75. The molecule has 0 bridgehead atoms. The van der Waals surface area contributed by atoms with Crippen molar-refractivity contribution in [1.82, 2.24) is 5.32 Å². The van der Waals surface area contributed by atoms with Crippen molar-refractivity contribution < 1.29 is 9.90 Å². The molecule has 1 aromatic carbocycles. The molecule has 2 rings (SSSR count). The topological polar surface area (TPSA) is 75.3 Å². The van der Waals surface area contributed by atoms with Crippen LogP contribution in [0.25, 0.3) is 0 Å². The maximum atomic E-state index is 11.8. The molecule has 0 aliphatic heterocycles. The Kier molecular flexibility index (Phi) is 4.54. The summed E-state index contributed by atoms with van der Waals surface area (Å²) in [5, 5.41) is 14.0. The van der Waals surface area contributed by atoms with Gasteiger partial charge < -0.3 is 16.2 Å². The van der Waals surface area contributed by atoms with Crippen LogP contribution in [0.15, 0.2) is 41.8 Å². The van der Waals surface area contributed by atoms with Gasteiger partial charge in [-0.25, -0.2) is 0 Å². The van der Waals surface area contributed by atoms with E-state index < -0.39 is 6.04 Å². The summed E-state index contributed by atoms with van der Waals surface area (Å²) in [5.41, 5.74) is 6.78. The number of carbonyl (C=O) groups is 1. The number of hydrogen-bond acceptors (Lipinski definition) is 4. The van der Waals surface area contributed by atoms with Gasteiger partial charge in [-0.2, -0.15) is 0 Å². The quantitative estimate of drug-likeness (QED) is 0.777. The van der Waals surface area contributed by atoms with Gasteiger partial charge in [-0.1, -0.05) is 18.2 Å². The van der Waals surface area contributed by atoms with Crippen molar-refractivity contribution in [2.75, 3.05) is 0 Å². The summed E-state index contributed by atoms with van der Waals surface area (Å²) < 4.78 is 0. The zero-order valence-corrected chi connectivity index (χ0v) is 11.2. The number of phenols is 1. The molecular weight excluding hydrogens is 260 g/mol. The second-order valence-corrected chi connectivity index (χ2v) is 5.31. The summed E-state index contributed by atoms with van der Waals surface area (Å²) in [6, 6.07) is 10.0. The van der Waals surface area contributed by atoms with Crippen LogP contribution >= 0.6 is 11.3 Å². The molecule has 1 heterocycles. The predicted octanol–water partition coefficient (Wildman–Crippen LogP) is 1.64. The van der Waals surface area contributed by atoms with E-state index in [0.29, 0.717) is 13.0 Å². The minimum absolute atomic E-state index is 0.165. The Bertz CT molecular complexity index is 523. The number of benzene rings is 1. The molecular formula is C14H16N2O2S. The number of carbonyl (C=O) groups excluding carboxylic acids is 1. The fourth-order valence-corrected chi connectivity index (χ4v) is 2.34. The first-order chi connectivity index (χ1) is 9.15. The first kappa shape index (κ1) is 13.6. The van der Waals surface area contributed by atoms with Crippen molar-refractivity contribution >= 4 is 17.2 Å². The molecule has 0 fully saturated rings. The lowest BCUT2D eigenvalue weighted by molar-refractivity contribution is -0.122. The highest BCUT2D eigenvalue weighted by atomic mass is 32.1. The minimum atomic E-state index is -0.579. The normalized spacial score (nSPS) is 12.1. The maximum Gasteiger partial charge on any atom is 0.237 e. The summed E-state index contributed by atoms with van der Waals surface area (Å²) in [7, 11) is 0. The van der Waals surface area contributed by atoms with Gasteiger partial charge in [0.2, 0.25) is 5.91 Å². The molecule has 100 valence electrons. The lowest BCUT2D eigenvalue weighted by atomic mass is 10.1. The minimum Gasteiger partial charge on any atom is -0.508 e. The molecule has 0 unspecified atom stereocenters. The van der Waals surface area contributed by atoms with Crippen LogP contribution in [0, 0.1) is 0 Å². The number of nitrogens with two attached hydrogens (primary N) is 1. The molecule has 4 nitrogen and oxygen atoms in total. The van der Waals surface area contributed by atoms with E-state index in [1.54, 1.807) is 35.6 Å². The lowest BCUT2D eigenvalue weighted by Gasteiger charge is -2.11. The van der Waals surface area contributed by atoms with Gasteiger partial charge in [0.15, 0.2) is 0 Å². The molecule has 0 saturated heterocycles. The average molecular weight is 276 g/mol. The Labute approximate surface area is 115 Å². The highest BCUT2D eigenvalue weighted by Gasteiger charge is 2.13. The summed E-state index contributed by atoms with van der Waals surface area (Å²) >= 11 is 1.60. The van der Waals surface area contributed by atoms with Crippen molar-refractivity contribution in [2.45, 2.75) is 19.0 Å². The number of hydrogen-bond donors (Lipinski definition) is 3. The molecule has 1 atom stereocenters. The van der Waals surface area contributed by atoms with E-state index in [1.807, 2.05) is 17.5 Å². The maximum absolute atomic E-state index is 11.8. The molecule has 1 amide bonds. The fraction of sp³-hybridized carbons (Fsp3) is 0.214. The molecule has 5 heteroatoms. The summed E-state index contributed by atoms with van der Waals surface area (Å²) in [4.78, 5) is 12.9. The van der Waals surface area contributed by atoms with E-state index in [4.69, 9.17) is 5.73 Å². The molecule has 0 radical (unpaired) electrons. The Morgan fingerprint density at radius 1 is 1.32 bits per heavy atom. The van der Waals surface area contributed by atoms with Gasteiger partial charge in [-0.15, -0.1) is 11.3 Å². The highest BCUT2D eigenvalue weighted by Crippen LogP contribution is 2.11. The Hall–Kier alpha value is -1.85. The van der Waals surface area contributed by atoms with E-state index in [2.05, 4.69) is 5.32 Å². The predicted molar refractivity (Wildman–Crippen MR) is 76.0 cm³/mol. The van der Waals surface area contributed by atoms with Crippen molar-refractivity contribution in [3.05, 3.63) is 52.2 Å². The first-order valence-electron chi connectivity index (χ1n) is 5.99. The van der Waals surface area contributed by atoms with Gasteiger partial charge in [-0.3, -0.25) is 4.79 Å². The molecule has 0 spiro atoms. The van der Waals surface area contributed by atoms with Crippen LogP contribution in [0.3, 0.4) is 0 Å². The molecule has 0 aliphatic rings. The number of amides is 1. The SMILES string of the molecule is N[C@@H](Cc1ccc(O)cc1)C(=O)NCc1cccs1. The third kappa shape index (κ3) is 4.08. The van der Waals surface area contributed by atoms with Crippen LogP contribution in [0.4, 0.5) is 0 Å². The van der Waals surface area contributed by atoms with E-state index in [-0.39, 0.29) is 11.7 Å². The highest BCUT2D eigenvalue weighted by molar-refractivity contribution is 7.09. The fourth-order valence-electron chi connectivity index (χ4n) is 1.70. The zero-order valence-electron chi connectivity index (χ0n) is 10.4. The van der Waals surface area contributed by atoms with Gasteiger partial charge in [-0.05, 0) is 35.6 Å². The summed E-state index contributed by atoms with van der Waals surface area (Å²) in [5.74, 6) is 0.0425. The average Bonchev–Trinajstić information content (AvgIpc) is 2.91. The number of nitrogens with one attached hydrogen (secondary N) is 1. The standard InChI is InChI=1S/C14H16N2O2S/c15-13(8-10-3-5-11(17)6-4-10)14(18)16-9-12-2-1-7-19-12/h1-7,13,17H,8-9,15H2,(H,16,18)/t13-/m0/s1. The van der Waals surface area contributed by atoms with E-state index in [9.17, 15) is 9.90 Å². The number of rotatable bonds is 5. The molecule has 0 saturated carbocycles. The second kappa shape index (κ2) is 6.36. The van der Waals surface area contributed by atoms with Crippen LogP contribution in [0.5, 0.6) is 5.75 Å². The number of aromatic hydroxyl groups is 1. The van der Waals surface area contributed by atoms with E-state index >= 15 is 0 Å². The molecule has 1 aromatic heterocycles. The van der Waals surface area contributed by atoms with Crippen LogP contribution in [-0.4, -0.2) is 17.1 Å². The second-order valence-electron chi connectivity index (χ2n) is 4.27. The van der Waals surface area contributed by atoms with Gasteiger partial charge >= 0.3 is 0 Å². The molecule has 2 aromatic rings. The summed E-state index contributed by atoms with van der Waals surface area (Å²) in [6.07, 6.45) is 0.455.